The highest BCUT2D eigenvalue weighted by molar-refractivity contribution is 7.10. The maximum absolute atomic E-state index is 4.41. The van der Waals surface area contributed by atoms with Crippen LogP contribution in [0.5, 0.6) is 0 Å². The topological polar surface area (TPSA) is 29.6 Å². The summed E-state index contributed by atoms with van der Waals surface area (Å²) in [5.74, 6) is 0. The Labute approximate surface area is 172 Å². The Balaban J connectivity index is 1.65. The third-order valence-corrected chi connectivity index (χ3v) is 5.95. The molecular weight excluding hydrogens is 382 g/mol. The number of nitrogens with zero attached hydrogens (tertiary/aromatic N) is 3. The van der Waals surface area contributed by atoms with Gasteiger partial charge < -0.3 is 4.57 Å². The van der Waals surface area contributed by atoms with Gasteiger partial charge in [0.1, 0.15) is 0 Å². The number of thiophene rings is 1. The average Bonchev–Trinajstić information content (AvgIpc) is 3.38. The summed E-state index contributed by atoms with van der Waals surface area (Å²) in [4.78, 5) is 2.05. The van der Waals surface area contributed by atoms with Gasteiger partial charge in [0, 0.05) is 23.0 Å². The normalized spacial score (nSPS) is 12.5. The Kier molecular flexibility index (Phi) is 5.75. The lowest BCUT2D eigenvalue weighted by Gasteiger charge is -2.07. The lowest BCUT2D eigenvalue weighted by Crippen LogP contribution is -2.14. The van der Waals surface area contributed by atoms with Crippen molar-refractivity contribution in [3.8, 4) is 11.3 Å². The van der Waals surface area contributed by atoms with Gasteiger partial charge in [-0.15, -0.1) is 34.4 Å². The van der Waals surface area contributed by atoms with Crippen LogP contribution in [0.2, 0.25) is 0 Å². The summed E-state index contributed by atoms with van der Waals surface area (Å²) in [6.45, 7) is 4.58. The van der Waals surface area contributed by atoms with E-state index in [9.17, 15) is 0 Å². The maximum Gasteiger partial charge on any atom is 0.211 e. The summed E-state index contributed by atoms with van der Waals surface area (Å²) in [6, 6.07) is 19.0. The van der Waals surface area contributed by atoms with E-state index in [-0.39, 0.29) is 0 Å². The first-order valence-electron chi connectivity index (χ1n) is 8.91. The molecule has 3 nitrogen and oxygen atoms in total. The largest absolute Gasteiger partial charge is 0.311 e. The Morgan fingerprint density at radius 1 is 1.00 bits per heavy atom. The Morgan fingerprint density at radius 3 is 2.71 bits per heavy atom. The van der Waals surface area contributed by atoms with E-state index < -0.39 is 0 Å². The van der Waals surface area contributed by atoms with E-state index in [4.69, 9.17) is 0 Å². The number of benzene rings is 2. The molecule has 2 aromatic carbocycles. The molecule has 0 bridgehead atoms. The monoisotopic (exact) mass is 401 g/mol. The smallest absolute Gasteiger partial charge is 0.211 e. The molecule has 2 aromatic heterocycles. The average molecular weight is 402 g/mol. The predicted octanol–water partition coefficient (Wildman–Crippen LogP) is 6.22. The van der Waals surface area contributed by atoms with Crippen molar-refractivity contribution in [1.29, 1.82) is 0 Å². The second-order valence-electron chi connectivity index (χ2n) is 6.10. The summed E-state index contributed by atoms with van der Waals surface area (Å²) >= 11 is 3.28. The van der Waals surface area contributed by atoms with E-state index in [0.717, 1.165) is 10.5 Å². The van der Waals surface area contributed by atoms with Crippen LogP contribution in [0.4, 0.5) is 0 Å². The van der Waals surface area contributed by atoms with Gasteiger partial charge in [-0.1, -0.05) is 48.5 Å². The minimum atomic E-state index is 0.686. The van der Waals surface area contributed by atoms with Gasteiger partial charge in [0.15, 0.2) is 0 Å². The molecule has 138 valence electrons. The zero-order valence-electron chi connectivity index (χ0n) is 15.2. The van der Waals surface area contributed by atoms with Crippen LogP contribution in [-0.2, 0) is 6.54 Å². The van der Waals surface area contributed by atoms with Crippen LogP contribution in [-0.4, -0.2) is 10.8 Å². The van der Waals surface area contributed by atoms with Crippen molar-refractivity contribution in [3.63, 3.8) is 0 Å². The molecule has 0 atom stereocenters. The van der Waals surface area contributed by atoms with E-state index >= 15 is 0 Å². The minimum Gasteiger partial charge on any atom is -0.311 e. The third kappa shape index (κ3) is 4.11. The highest BCUT2D eigenvalue weighted by Gasteiger charge is 2.07. The van der Waals surface area contributed by atoms with E-state index in [1.807, 2.05) is 24.3 Å². The summed E-state index contributed by atoms with van der Waals surface area (Å²) in [5.41, 5.74) is 2.29. The summed E-state index contributed by atoms with van der Waals surface area (Å²) in [7, 11) is 0. The van der Waals surface area contributed by atoms with Crippen molar-refractivity contribution < 1.29 is 0 Å². The van der Waals surface area contributed by atoms with Crippen LogP contribution >= 0.6 is 22.7 Å². The van der Waals surface area contributed by atoms with Crippen LogP contribution in [0.3, 0.4) is 0 Å². The second kappa shape index (κ2) is 8.78. The fraction of sp³-hybridized carbons (Fsp3) is 0.0435. The SMILES string of the molecule is C=CCn1c(-c2ccc3ccccc3c2)cs\c1=N/N=C/C=C/c1cccs1. The number of thiazole rings is 1. The predicted molar refractivity (Wildman–Crippen MR) is 123 cm³/mol. The van der Waals surface area contributed by atoms with Gasteiger partial charge in [-0.2, -0.15) is 5.10 Å². The van der Waals surface area contributed by atoms with Crippen LogP contribution in [0, 0.1) is 0 Å². The quantitative estimate of drug-likeness (QED) is 0.209. The molecule has 0 aliphatic rings. The number of fused-ring (bicyclic) bond motifs is 1. The molecule has 0 N–H and O–H groups in total. The molecule has 0 fully saturated rings. The molecule has 2 heterocycles. The van der Waals surface area contributed by atoms with E-state index in [2.05, 4.69) is 80.6 Å². The van der Waals surface area contributed by atoms with Gasteiger partial charge in [0.25, 0.3) is 0 Å². The number of aromatic nitrogens is 1. The Hall–Kier alpha value is -3.02. The Morgan fingerprint density at radius 2 is 1.89 bits per heavy atom. The zero-order chi connectivity index (χ0) is 19.2. The van der Waals surface area contributed by atoms with Crippen molar-refractivity contribution in [2.75, 3.05) is 0 Å². The van der Waals surface area contributed by atoms with Crippen molar-refractivity contribution in [2.24, 2.45) is 10.2 Å². The standard InChI is InChI=1S/C23H19N3S2/c1-2-14-26-22(20-12-11-18-7-3-4-8-19(18)16-20)17-28-23(26)25-24-13-5-9-21-10-6-15-27-21/h2-13,15-17H,1,14H2/b9-5+,24-13+,25-23-. The molecule has 0 saturated heterocycles. The van der Waals surface area contributed by atoms with Crippen molar-refractivity contribution in [2.45, 2.75) is 6.54 Å². The minimum absolute atomic E-state index is 0.686. The molecule has 4 aromatic rings. The van der Waals surface area contributed by atoms with Crippen LogP contribution in [0.15, 0.2) is 94.3 Å². The van der Waals surface area contributed by atoms with Crippen molar-refractivity contribution in [1.82, 2.24) is 4.57 Å². The number of rotatable bonds is 6. The number of allylic oxidation sites excluding steroid dienone is 2. The van der Waals surface area contributed by atoms with Crippen LogP contribution in [0.1, 0.15) is 4.88 Å². The summed E-state index contributed by atoms with van der Waals surface area (Å²) in [6.07, 6.45) is 7.53. The first kappa shape index (κ1) is 18.3. The highest BCUT2D eigenvalue weighted by atomic mass is 32.1. The van der Waals surface area contributed by atoms with Crippen LogP contribution in [0.25, 0.3) is 28.1 Å². The van der Waals surface area contributed by atoms with Gasteiger partial charge in [-0.25, -0.2) is 0 Å². The molecule has 0 aliphatic heterocycles. The molecule has 0 aliphatic carbocycles. The second-order valence-corrected chi connectivity index (χ2v) is 7.92. The molecule has 0 amide bonds. The Bertz CT molecular complexity index is 1210. The lowest BCUT2D eigenvalue weighted by atomic mass is 10.1. The van der Waals surface area contributed by atoms with Crippen molar-refractivity contribution >= 4 is 45.7 Å². The summed E-state index contributed by atoms with van der Waals surface area (Å²) < 4.78 is 2.14. The molecule has 0 saturated carbocycles. The molecule has 28 heavy (non-hydrogen) atoms. The molecule has 5 heteroatoms. The van der Waals surface area contributed by atoms with Gasteiger partial charge >= 0.3 is 0 Å². The fourth-order valence-corrected chi connectivity index (χ4v) is 4.44. The fourth-order valence-electron chi connectivity index (χ4n) is 2.94. The maximum atomic E-state index is 4.41. The number of hydrogen-bond donors (Lipinski definition) is 0. The zero-order valence-corrected chi connectivity index (χ0v) is 16.9. The highest BCUT2D eigenvalue weighted by Crippen LogP contribution is 2.25. The van der Waals surface area contributed by atoms with E-state index in [1.54, 1.807) is 28.9 Å². The van der Waals surface area contributed by atoms with Crippen LogP contribution < -0.4 is 4.80 Å². The van der Waals surface area contributed by atoms with E-state index in [1.165, 1.54) is 21.2 Å². The van der Waals surface area contributed by atoms with Gasteiger partial charge in [0.2, 0.25) is 4.80 Å². The number of hydrogen-bond acceptors (Lipinski definition) is 4. The van der Waals surface area contributed by atoms with Gasteiger partial charge in [0.05, 0.1) is 5.69 Å². The first-order valence-corrected chi connectivity index (χ1v) is 10.7. The van der Waals surface area contributed by atoms with E-state index in [0.29, 0.717) is 6.54 Å². The molecule has 0 spiro atoms. The van der Waals surface area contributed by atoms with Gasteiger partial charge in [-0.05, 0) is 46.0 Å². The van der Waals surface area contributed by atoms with Crippen molar-refractivity contribution in [3.05, 3.63) is 93.8 Å². The summed E-state index contributed by atoms with van der Waals surface area (Å²) in [5, 5.41) is 15.3. The molecule has 4 rings (SSSR count). The lowest BCUT2D eigenvalue weighted by molar-refractivity contribution is 0.789. The first-order chi connectivity index (χ1) is 13.8. The molecular formula is C23H19N3S2. The van der Waals surface area contributed by atoms with Gasteiger partial charge in [-0.3, -0.25) is 0 Å². The molecule has 0 radical (unpaired) electrons. The third-order valence-electron chi connectivity index (χ3n) is 4.25. The molecule has 0 unspecified atom stereocenters.